The molecule has 0 unspecified atom stereocenters. The predicted octanol–water partition coefficient (Wildman–Crippen LogP) is 6.43. The Kier molecular flexibility index (Phi) is 6.43. The van der Waals surface area contributed by atoms with Gasteiger partial charge in [-0.2, -0.15) is 0 Å². The summed E-state index contributed by atoms with van der Waals surface area (Å²) in [5, 5.41) is 7.10. The lowest BCUT2D eigenvalue weighted by Crippen LogP contribution is -2.22. The number of pyridine rings is 2. The molecule has 2 N–H and O–H groups in total. The Morgan fingerprint density at radius 3 is 2.67 bits per heavy atom. The van der Waals surface area contributed by atoms with Crippen molar-refractivity contribution in [2.45, 2.75) is 44.7 Å². The first-order chi connectivity index (χ1) is 14.6. The smallest absolute Gasteiger partial charge is 0.163 e. The van der Waals surface area contributed by atoms with Crippen LogP contribution in [0.1, 0.15) is 37.7 Å². The number of benzene rings is 1. The largest absolute Gasteiger partial charge is 0.367 e. The van der Waals surface area contributed by atoms with Crippen LogP contribution in [0, 0.1) is 11.6 Å². The first-order valence-corrected chi connectivity index (χ1v) is 10.5. The molecule has 0 spiro atoms. The molecule has 0 bridgehead atoms. The van der Waals surface area contributed by atoms with E-state index in [0.29, 0.717) is 16.9 Å². The van der Waals surface area contributed by atoms with Crippen LogP contribution >= 0.6 is 11.6 Å². The van der Waals surface area contributed by atoms with E-state index in [-0.39, 0.29) is 12.1 Å². The van der Waals surface area contributed by atoms with E-state index < -0.39 is 11.6 Å². The Morgan fingerprint density at radius 1 is 1.00 bits per heavy atom. The molecule has 0 radical (unpaired) electrons. The predicted molar refractivity (Wildman–Crippen MR) is 117 cm³/mol. The molecule has 0 saturated heterocycles. The van der Waals surface area contributed by atoms with Crippen LogP contribution in [0.3, 0.4) is 0 Å². The highest BCUT2D eigenvalue weighted by atomic mass is 35.5. The van der Waals surface area contributed by atoms with E-state index in [1.807, 2.05) is 18.2 Å². The zero-order valence-corrected chi connectivity index (χ0v) is 17.2. The van der Waals surface area contributed by atoms with Crippen LogP contribution in [0.2, 0.25) is 5.02 Å². The first-order valence-electron chi connectivity index (χ1n) is 10.2. The second-order valence-electron chi connectivity index (χ2n) is 7.52. The number of rotatable bonds is 6. The molecular weight excluding hydrogens is 406 g/mol. The van der Waals surface area contributed by atoms with E-state index in [9.17, 15) is 8.78 Å². The molecule has 1 aliphatic carbocycles. The van der Waals surface area contributed by atoms with Gasteiger partial charge in [0.2, 0.25) is 0 Å². The minimum Gasteiger partial charge on any atom is -0.367 e. The summed E-state index contributed by atoms with van der Waals surface area (Å²) in [5.74, 6) is -0.366. The van der Waals surface area contributed by atoms with Gasteiger partial charge in [0.1, 0.15) is 11.6 Å². The molecule has 2 aromatic heterocycles. The normalized spacial score (nSPS) is 14.5. The third kappa shape index (κ3) is 4.87. The fourth-order valence-corrected chi connectivity index (χ4v) is 3.97. The van der Waals surface area contributed by atoms with Crippen molar-refractivity contribution in [2.75, 3.05) is 10.6 Å². The summed E-state index contributed by atoms with van der Waals surface area (Å²) in [7, 11) is 0. The molecule has 4 nitrogen and oxygen atoms in total. The van der Waals surface area contributed by atoms with Crippen molar-refractivity contribution in [1.82, 2.24) is 9.97 Å². The summed E-state index contributed by atoms with van der Waals surface area (Å²) in [6, 6.07) is 10.2. The number of halogens is 3. The second kappa shape index (κ2) is 9.39. The van der Waals surface area contributed by atoms with Gasteiger partial charge in [-0.15, -0.1) is 0 Å². The Labute approximate surface area is 179 Å². The fraction of sp³-hybridized carbons (Fsp3) is 0.304. The molecule has 1 aliphatic rings. The summed E-state index contributed by atoms with van der Waals surface area (Å²) in [6.45, 7) is 0.124. The van der Waals surface area contributed by atoms with Crippen LogP contribution in [0.25, 0.3) is 11.1 Å². The number of hydrogen-bond acceptors (Lipinski definition) is 4. The molecular formula is C23H23ClF2N4. The molecule has 1 saturated carbocycles. The lowest BCUT2D eigenvalue weighted by atomic mass is 9.95. The zero-order valence-electron chi connectivity index (χ0n) is 16.5. The summed E-state index contributed by atoms with van der Waals surface area (Å²) in [5.41, 5.74) is 1.95. The molecule has 30 heavy (non-hydrogen) atoms. The number of aromatic nitrogens is 2. The standard InChI is InChI=1S/C23H23ClF2N4/c24-19-14-29-22(30-17-6-2-1-3-7-17)12-18(19)15-9-10-27-21(11-15)28-13-16-5-4-8-20(25)23(16)26/h4-5,8-12,14,17H,1-3,6-7,13H2,(H,27,28)(H,29,30). The average Bonchev–Trinajstić information content (AvgIpc) is 2.77. The van der Waals surface area contributed by atoms with Gasteiger partial charge in [0, 0.05) is 36.1 Å². The van der Waals surface area contributed by atoms with Crippen LogP contribution in [-0.4, -0.2) is 16.0 Å². The topological polar surface area (TPSA) is 49.8 Å². The van der Waals surface area contributed by atoms with E-state index in [0.717, 1.165) is 35.9 Å². The molecule has 7 heteroatoms. The van der Waals surface area contributed by atoms with Gasteiger partial charge in [0.25, 0.3) is 0 Å². The quantitative estimate of drug-likeness (QED) is 0.474. The summed E-state index contributed by atoms with van der Waals surface area (Å²) < 4.78 is 27.3. The van der Waals surface area contributed by atoms with E-state index >= 15 is 0 Å². The fourth-order valence-electron chi connectivity index (χ4n) is 3.76. The minimum absolute atomic E-state index is 0.124. The van der Waals surface area contributed by atoms with Gasteiger partial charge in [0.05, 0.1) is 5.02 Å². The van der Waals surface area contributed by atoms with Crippen LogP contribution in [0.15, 0.2) is 48.8 Å². The first kappa shape index (κ1) is 20.5. The highest BCUT2D eigenvalue weighted by Crippen LogP contribution is 2.31. The average molecular weight is 429 g/mol. The second-order valence-corrected chi connectivity index (χ2v) is 7.93. The number of anilines is 2. The Balaban J connectivity index is 1.51. The number of nitrogens with one attached hydrogen (secondary N) is 2. The van der Waals surface area contributed by atoms with E-state index in [4.69, 9.17) is 11.6 Å². The van der Waals surface area contributed by atoms with Gasteiger partial charge < -0.3 is 10.6 Å². The van der Waals surface area contributed by atoms with Crippen molar-refractivity contribution in [3.8, 4) is 11.1 Å². The van der Waals surface area contributed by atoms with Gasteiger partial charge in [0.15, 0.2) is 11.6 Å². The van der Waals surface area contributed by atoms with Crippen LogP contribution < -0.4 is 10.6 Å². The van der Waals surface area contributed by atoms with Gasteiger partial charge in [-0.1, -0.05) is 43.0 Å². The molecule has 0 atom stereocenters. The molecule has 156 valence electrons. The Bertz CT molecular complexity index is 1020. The van der Waals surface area contributed by atoms with Crippen LogP contribution in [0.4, 0.5) is 20.4 Å². The number of hydrogen-bond donors (Lipinski definition) is 2. The van der Waals surface area contributed by atoms with Crippen LogP contribution in [-0.2, 0) is 6.54 Å². The third-order valence-corrected chi connectivity index (χ3v) is 5.68. The maximum Gasteiger partial charge on any atom is 0.163 e. The minimum atomic E-state index is -0.863. The summed E-state index contributed by atoms with van der Waals surface area (Å²) >= 11 is 6.41. The zero-order chi connectivity index (χ0) is 20.9. The van der Waals surface area contributed by atoms with Gasteiger partial charge in [-0.3, -0.25) is 0 Å². The maximum atomic E-state index is 13.9. The van der Waals surface area contributed by atoms with Crippen molar-refractivity contribution in [3.05, 3.63) is 71.0 Å². The van der Waals surface area contributed by atoms with Crippen molar-refractivity contribution < 1.29 is 8.78 Å². The van der Waals surface area contributed by atoms with Crippen molar-refractivity contribution in [1.29, 1.82) is 0 Å². The number of nitrogens with zero attached hydrogens (tertiary/aromatic N) is 2. The molecule has 3 aromatic rings. The van der Waals surface area contributed by atoms with E-state index in [2.05, 4.69) is 20.6 Å². The van der Waals surface area contributed by atoms with Gasteiger partial charge in [-0.05, 0) is 42.7 Å². The van der Waals surface area contributed by atoms with Crippen molar-refractivity contribution in [3.63, 3.8) is 0 Å². The Morgan fingerprint density at radius 2 is 1.83 bits per heavy atom. The SMILES string of the molecule is Fc1cccc(CNc2cc(-c3cc(NC4CCCCC4)ncc3Cl)ccn2)c1F. The lowest BCUT2D eigenvalue weighted by molar-refractivity contribution is 0.462. The third-order valence-electron chi connectivity index (χ3n) is 5.37. The summed E-state index contributed by atoms with van der Waals surface area (Å²) in [6.07, 6.45) is 9.39. The van der Waals surface area contributed by atoms with E-state index in [1.54, 1.807) is 12.4 Å². The lowest BCUT2D eigenvalue weighted by Gasteiger charge is -2.23. The highest BCUT2D eigenvalue weighted by Gasteiger charge is 2.15. The van der Waals surface area contributed by atoms with Crippen molar-refractivity contribution >= 4 is 23.2 Å². The highest BCUT2D eigenvalue weighted by molar-refractivity contribution is 6.33. The Hall–Kier alpha value is -2.73. The summed E-state index contributed by atoms with van der Waals surface area (Å²) in [4.78, 5) is 8.70. The van der Waals surface area contributed by atoms with E-state index in [1.165, 1.54) is 31.4 Å². The molecule has 1 aromatic carbocycles. The molecule has 0 aliphatic heterocycles. The maximum absolute atomic E-state index is 13.9. The van der Waals surface area contributed by atoms with Gasteiger partial charge in [-0.25, -0.2) is 18.7 Å². The molecule has 2 heterocycles. The van der Waals surface area contributed by atoms with Crippen LogP contribution in [0.5, 0.6) is 0 Å². The molecule has 0 amide bonds. The monoisotopic (exact) mass is 428 g/mol. The molecule has 4 rings (SSSR count). The van der Waals surface area contributed by atoms with Crippen molar-refractivity contribution in [2.24, 2.45) is 0 Å². The molecule has 1 fully saturated rings. The van der Waals surface area contributed by atoms with Gasteiger partial charge >= 0.3 is 0 Å².